The zero-order valence-electron chi connectivity index (χ0n) is 11.9. The molecule has 2 N–H and O–H groups in total. The molecule has 0 atom stereocenters. The summed E-state index contributed by atoms with van der Waals surface area (Å²) >= 11 is 0. The fourth-order valence-electron chi connectivity index (χ4n) is 1.46. The van der Waals surface area contributed by atoms with Gasteiger partial charge in [0, 0.05) is 32.2 Å². The molecule has 0 aromatic heterocycles. The average Bonchev–Trinajstić information content (AvgIpc) is 2.36. The zero-order chi connectivity index (χ0) is 14.1. The number of nitrogens with zero attached hydrogens (tertiary/aromatic N) is 1. The third-order valence-electron chi connectivity index (χ3n) is 2.49. The maximum Gasteiger partial charge on any atom is 0.216 e. The summed E-state index contributed by atoms with van der Waals surface area (Å²) in [4.78, 5) is 12.8. The van der Waals surface area contributed by atoms with E-state index in [0.717, 1.165) is 18.0 Å². The second kappa shape index (κ2) is 8.37. The van der Waals surface area contributed by atoms with Crippen molar-refractivity contribution in [2.75, 3.05) is 45.7 Å². The summed E-state index contributed by atoms with van der Waals surface area (Å²) in [6.45, 7) is 4.43. The van der Waals surface area contributed by atoms with Crippen LogP contribution >= 0.6 is 0 Å². The van der Waals surface area contributed by atoms with Gasteiger partial charge in [-0.15, -0.1) is 0 Å². The number of likely N-dealkylation sites (N-methyl/N-ethyl adjacent to an activating group) is 1. The van der Waals surface area contributed by atoms with Crippen molar-refractivity contribution in [3.63, 3.8) is 0 Å². The number of benzene rings is 1. The first kappa shape index (κ1) is 15.3. The minimum absolute atomic E-state index is 0.00793. The highest BCUT2D eigenvalue weighted by atomic mass is 16.5. The van der Waals surface area contributed by atoms with Crippen molar-refractivity contribution < 1.29 is 9.53 Å². The molecule has 1 aromatic rings. The van der Waals surface area contributed by atoms with Crippen molar-refractivity contribution in [1.82, 2.24) is 10.2 Å². The van der Waals surface area contributed by atoms with Gasteiger partial charge in [-0.2, -0.15) is 0 Å². The first-order chi connectivity index (χ1) is 9.08. The number of hydrogen-bond acceptors (Lipinski definition) is 4. The summed E-state index contributed by atoms with van der Waals surface area (Å²) in [5.74, 6) is 0.862. The Labute approximate surface area is 114 Å². The molecular formula is C14H23N3O2. The van der Waals surface area contributed by atoms with Crippen LogP contribution in [0.5, 0.6) is 5.75 Å². The number of hydrogen-bond donors (Lipinski definition) is 2. The van der Waals surface area contributed by atoms with Crippen LogP contribution in [0.1, 0.15) is 6.92 Å². The smallest absolute Gasteiger partial charge is 0.216 e. The van der Waals surface area contributed by atoms with Crippen LogP contribution in [-0.2, 0) is 4.79 Å². The molecule has 0 aliphatic rings. The lowest BCUT2D eigenvalue weighted by atomic mass is 10.3. The zero-order valence-corrected chi connectivity index (χ0v) is 11.9. The molecule has 0 heterocycles. The Hall–Kier alpha value is -1.75. The normalized spacial score (nSPS) is 10.3. The van der Waals surface area contributed by atoms with Crippen LogP contribution < -0.4 is 15.4 Å². The fraction of sp³-hybridized carbons (Fsp3) is 0.500. The molecule has 106 valence electrons. The van der Waals surface area contributed by atoms with E-state index >= 15 is 0 Å². The number of anilines is 1. The number of nitrogens with one attached hydrogen (secondary N) is 2. The van der Waals surface area contributed by atoms with Gasteiger partial charge in [-0.3, -0.25) is 4.79 Å². The van der Waals surface area contributed by atoms with E-state index in [2.05, 4.69) is 15.5 Å². The fourth-order valence-corrected chi connectivity index (χ4v) is 1.46. The topological polar surface area (TPSA) is 53.6 Å². The lowest BCUT2D eigenvalue weighted by Crippen LogP contribution is -2.26. The third kappa shape index (κ3) is 7.31. The van der Waals surface area contributed by atoms with Crippen LogP contribution in [0.3, 0.4) is 0 Å². The van der Waals surface area contributed by atoms with Crippen LogP contribution in [0, 0.1) is 0 Å². The second-order valence-electron chi connectivity index (χ2n) is 4.59. The molecule has 5 heteroatoms. The lowest BCUT2D eigenvalue weighted by molar-refractivity contribution is -0.118. The van der Waals surface area contributed by atoms with E-state index in [4.69, 9.17) is 4.74 Å². The molecule has 0 saturated carbocycles. The molecule has 0 saturated heterocycles. The van der Waals surface area contributed by atoms with E-state index in [-0.39, 0.29) is 5.91 Å². The Kier molecular flexibility index (Phi) is 6.74. The highest BCUT2D eigenvalue weighted by Gasteiger charge is 1.96. The summed E-state index contributed by atoms with van der Waals surface area (Å²) in [5, 5.41) is 5.96. The van der Waals surface area contributed by atoms with Crippen molar-refractivity contribution in [2.45, 2.75) is 6.92 Å². The number of amides is 1. The summed E-state index contributed by atoms with van der Waals surface area (Å²) < 4.78 is 5.60. The van der Waals surface area contributed by atoms with Crippen LogP contribution in [0.25, 0.3) is 0 Å². The Morgan fingerprint density at radius 2 is 1.89 bits per heavy atom. The van der Waals surface area contributed by atoms with E-state index in [1.165, 1.54) is 6.92 Å². The predicted octanol–water partition coefficient (Wildman–Crippen LogP) is 1.17. The standard InChI is InChI=1S/C14H23N3O2/c1-12(18)15-8-9-16-13-4-6-14(7-5-13)19-11-10-17(2)3/h4-7,16H,8-11H2,1-3H3,(H,15,18). The van der Waals surface area contributed by atoms with Crippen LogP contribution in [0.15, 0.2) is 24.3 Å². The first-order valence-electron chi connectivity index (χ1n) is 6.44. The van der Waals surface area contributed by atoms with Gasteiger partial charge in [0.25, 0.3) is 0 Å². The van der Waals surface area contributed by atoms with E-state index in [1.807, 2.05) is 38.4 Å². The summed E-state index contributed by atoms with van der Waals surface area (Å²) in [7, 11) is 4.04. The quantitative estimate of drug-likeness (QED) is 0.693. The molecule has 0 unspecified atom stereocenters. The first-order valence-corrected chi connectivity index (χ1v) is 6.44. The molecule has 0 spiro atoms. The molecule has 0 aliphatic carbocycles. The highest BCUT2D eigenvalue weighted by Crippen LogP contribution is 2.15. The Balaban J connectivity index is 2.25. The Bertz CT molecular complexity index is 377. The molecule has 1 amide bonds. The van der Waals surface area contributed by atoms with Gasteiger partial charge in [-0.1, -0.05) is 0 Å². The molecule has 5 nitrogen and oxygen atoms in total. The monoisotopic (exact) mass is 265 g/mol. The summed E-state index contributed by atoms with van der Waals surface area (Å²) in [6, 6.07) is 7.82. The van der Waals surface area contributed by atoms with Crippen LogP contribution in [0.2, 0.25) is 0 Å². The van der Waals surface area contributed by atoms with Crippen molar-refractivity contribution in [3.8, 4) is 5.75 Å². The number of ether oxygens (including phenoxy) is 1. The second-order valence-corrected chi connectivity index (χ2v) is 4.59. The molecule has 1 rings (SSSR count). The molecular weight excluding hydrogens is 242 g/mol. The van der Waals surface area contributed by atoms with Crippen LogP contribution in [0.4, 0.5) is 5.69 Å². The Morgan fingerprint density at radius 3 is 2.47 bits per heavy atom. The molecule has 1 aromatic carbocycles. The van der Waals surface area contributed by atoms with Crippen molar-refractivity contribution >= 4 is 11.6 Å². The van der Waals surface area contributed by atoms with Gasteiger partial charge in [0.2, 0.25) is 5.91 Å². The largest absolute Gasteiger partial charge is 0.492 e. The van der Waals surface area contributed by atoms with E-state index in [0.29, 0.717) is 19.7 Å². The van der Waals surface area contributed by atoms with Crippen molar-refractivity contribution in [3.05, 3.63) is 24.3 Å². The summed E-state index contributed by atoms with van der Waals surface area (Å²) in [6.07, 6.45) is 0. The molecule has 0 fully saturated rings. The third-order valence-corrected chi connectivity index (χ3v) is 2.49. The van der Waals surface area contributed by atoms with Gasteiger partial charge < -0.3 is 20.3 Å². The summed E-state index contributed by atoms with van der Waals surface area (Å²) in [5.41, 5.74) is 1.02. The maximum absolute atomic E-state index is 10.7. The lowest BCUT2D eigenvalue weighted by Gasteiger charge is -2.12. The van der Waals surface area contributed by atoms with E-state index in [1.54, 1.807) is 0 Å². The molecule has 0 aliphatic heterocycles. The van der Waals surface area contributed by atoms with Gasteiger partial charge in [-0.05, 0) is 38.4 Å². The predicted molar refractivity (Wildman–Crippen MR) is 77.7 cm³/mol. The molecule has 0 radical (unpaired) electrons. The van der Waals surface area contributed by atoms with Crippen molar-refractivity contribution in [2.24, 2.45) is 0 Å². The minimum atomic E-state index is -0.00793. The molecule has 19 heavy (non-hydrogen) atoms. The minimum Gasteiger partial charge on any atom is -0.492 e. The Morgan fingerprint density at radius 1 is 1.21 bits per heavy atom. The maximum atomic E-state index is 10.7. The van der Waals surface area contributed by atoms with Gasteiger partial charge >= 0.3 is 0 Å². The van der Waals surface area contributed by atoms with Gasteiger partial charge in [0.1, 0.15) is 12.4 Å². The van der Waals surface area contributed by atoms with Crippen LogP contribution in [-0.4, -0.2) is 51.1 Å². The molecule has 0 bridgehead atoms. The van der Waals surface area contributed by atoms with E-state index in [9.17, 15) is 4.79 Å². The van der Waals surface area contributed by atoms with E-state index < -0.39 is 0 Å². The average molecular weight is 265 g/mol. The van der Waals surface area contributed by atoms with Gasteiger partial charge in [0.05, 0.1) is 0 Å². The SMILES string of the molecule is CC(=O)NCCNc1ccc(OCCN(C)C)cc1. The van der Waals surface area contributed by atoms with Crippen molar-refractivity contribution in [1.29, 1.82) is 0 Å². The number of carbonyl (C=O) groups is 1. The number of carbonyl (C=O) groups excluding carboxylic acids is 1. The van der Waals surface area contributed by atoms with Gasteiger partial charge in [0.15, 0.2) is 0 Å². The highest BCUT2D eigenvalue weighted by molar-refractivity contribution is 5.72. The number of rotatable bonds is 8. The van der Waals surface area contributed by atoms with Gasteiger partial charge in [-0.25, -0.2) is 0 Å².